The number of allylic oxidation sites excluding steroid dienone is 2. The number of fused-ring (bicyclic) bond motifs is 4. The highest BCUT2D eigenvalue weighted by Crippen LogP contribution is 2.64. The number of carbonyl (C=O) groups excluding carboxylic acids is 4. The maximum absolute atomic E-state index is 14.3. The smallest absolute Gasteiger partial charge is 0.305 e. The third kappa shape index (κ3) is 4.04. The van der Waals surface area contributed by atoms with Crippen molar-refractivity contribution in [2.24, 2.45) is 29.1 Å². The molecular formula is C30H25BrClFN2O7. The van der Waals surface area contributed by atoms with E-state index in [0.717, 1.165) is 15.9 Å². The first-order valence-corrected chi connectivity index (χ1v) is 14.6. The van der Waals surface area contributed by atoms with Crippen LogP contribution in [0, 0.1) is 34.9 Å². The van der Waals surface area contributed by atoms with E-state index in [1.165, 1.54) is 18.2 Å². The Hall–Kier alpha value is -3.57. The molecular weight excluding hydrogens is 635 g/mol. The van der Waals surface area contributed by atoms with Crippen LogP contribution in [0.2, 0.25) is 5.02 Å². The normalized spacial score (nSPS) is 30.3. The van der Waals surface area contributed by atoms with Gasteiger partial charge in [0.15, 0.2) is 0 Å². The summed E-state index contributed by atoms with van der Waals surface area (Å²) in [5.74, 6) is -7.98. The number of hydrogen-bond donors (Lipinski definition) is 2. The van der Waals surface area contributed by atoms with Gasteiger partial charge in [0.05, 0.1) is 40.3 Å². The van der Waals surface area contributed by atoms with E-state index < -0.39 is 70.4 Å². The molecule has 9 nitrogen and oxygen atoms in total. The van der Waals surface area contributed by atoms with Gasteiger partial charge >= 0.3 is 5.97 Å². The Bertz CT molecular complexity index is 1630. The molecule has 0 aromatic heterocycles. The highest BCUT2D eigenvalue weighted by molar-refractivity contribution is 9.10. The van der Waals surface area contributed by atoms with Crippen LogP contribution in [0.25, 0.3) is 0 Å². The third-order valence-corrected chi connectivity index (χ3v) is 10.2. The van der Waals surface area contributed by atoms with Gasteiger partial charge in [0.2, 0.25) is 23.6 Å². The highest BCUT2D eigenvalue weighted by Gasteiger charge is 2.67. The van der Waals surface area contributed by atoms with Crippen molar-refractivity contribution in [3.63, 3.8) is 0 Å². The van der Waals surface area contributed by atoms with Crippen molar-refractivity contribution in [3.05, 3.63) is 68.9 Å². The minimum atomic E-state index is -1.40. The Morgan fingerprint density at radius 3 is 2.52 bits per heavy atom. The van der Waals surface area contributed by atoms with Crippen LogP contribution in [0.5, 0.6) is 5.75 Å². The quantitative estimate of drug-likeness (QED) is 0.353. The van der Waals surface area contributed by atoms with Crippen LogP contribution in [0.1, 0.15) is 37.7 Å². The number of anilines is 1. The van der Waals surface area contributed by atoms with Crippen molar-refractivity contribution in [1.82, 2.24) is 4.90 Å². The SMILES string of the molecule is C[C@@]12C(=O)N(c3ccc(F)c(Cl)c3)C(=O)[C@@H]1C[C@@H]1C(=CC[C@@H]3C(=O)N(CCC(=O)O)C(=O)[C@@H]31)[C@@H]2c1cc(Br)ccc1O. The Morgan fingerprint density at radius 1 is 1.10 bits per heavy atom. The zero-order chi connectivity index (χ0) is 30.2. The standard InChI is InChI=1S/C30H25BrClFN2O7/c1-30-19(27(40)35(29(30)42)14-3-6-21(33)20(32)11-14)12-17-15(25(30)18-10-13(31)2-7-22(18)36)4-5-16-24(17)28(41)34(26(16)39)9-8-23(37)38/h2-4,6-7,10-11,16-17,19,24-25,36H,5,8-9,12H2,1H3,(H,37,38)/t16-,17+,19-,24-,25+,30+/m0/s1. The predicted octanol–water partition coefficient (Wildman–Crippen LogP) is 4.65. The molecule has 0 spiro atoms. The van der Waals surface area contributed by atoms with E-state index in [-0.39, 0.29) is 42.3 Å². The second-order valence-corrected chi connectivity index (χ2v) is 12.8. The van der Waals surface area contributed by atoms with Gasteiger partial charge in [-0.3, -0.25) is 28.9 Å². The van der Waals surface area contributed by atoms with Crippen molar-refractivity contribution >= 4 is 62.8 Å². The van der Waals surface area contributed by atoms with E-state index in [9.17, 15) is 33.5 Å². The van der Waals surface area contributed by atoms with Crippen LogP contribution in [-0.4, -0.2) is 51.3 Å². The summed E-state index contributed by atoms with van der Waals surface area (Å²) in [5.41, 5.74) is -0.248. The first kappa shape index (κ1) is 28.5. The molecule has 2 aliphatic carbocycles. The molecule has 2 heterocycles. The third-order valence-electron chi connectivity index (χ3n) is 9.38. The number of halogens is 3. The van der Waals surface area contributed by atoms with E-state index in [0.29, 0.717) is 15.6 Å². The van der Waals surface area contributed by atoms with Gasteiger partial charge in [0.25, 0.3) is 0 Å². The maximum Gasteiger partial charge on any atom is 0.305 e. The molecule has 3 fully saturated rings. The fourth-order valence-electron chi connectivity index (χ4n) is 7.48. The van der Waals surface area contributed by atoms with Crippen molar-refractivity contribution in [2.45, 2.75) is 32.1 Å². The minimum absolute atomic E-state index is 0.0799. The van der Waals surface area contributed by atoms with Gasteiger partial charge in [-0.05, 0) is 62.1 Å². The molecule has 2 saturated heterocycles. The van der Waals surface area contributed by atoms with Crippen molar-refractivity contribution in [2.75, 3.05) is 11.4 Å². The van der Waals surface area contributed by atoms with Crippen LogP contribution < -0.4 is 4.90 Å². The van der Waals surface area contributed by atoms with Gasteiger partial charge < -0.3 is 10.2 Å². The van der Waals surface area contributed by atoms with Crippen LogP contribution in [0.3, 0.4) is 0 Å². The number of hydrogen-bond acceptors (Lipinski definition) is 6. The number of likely N-dealkylation sites (tertiary alicyclic amines) is 1. The summed E-state index contributed by atoms with van der Waals surface area (Å²) < 4.78 is 14.6. The number of carboxylic acid groups (broad SMARTS) is 1. The van der Waals surface area contributed by atoms with E-state index in [2.05, 4.69) is 15.9 Å². The van der Waals surface area contributed by atoms with Gasteiger partial charge in [-0.25, -0.2) is 9.29 Å². The number of amides is 4. The Morgan fingerprint density at radius 2 is 1.83 bits per heavy atom. The zero-order valence-electron chi connectivity index (χ0n) is 22.2. The summed E-state index contributed by atoms with van der Waals surface area (Å²) >= 11 is 9.44. The lowest BCUT2D eigenvalue weighted by molar-refractivity contribution is -0.142. The Labute approximate surface area is 253 Å². The summed E-state index contributed by atoms with van der Waals surface area (Å²) in [7, 11) is 0. The number of carbonyl (C=O) groups is 5. The summed E-state index contributed by atoms with van der Waals surface area (Å²) in [4.78, 5) is 68.5. The minimum Gasteiger partial charge on any atom is -0.508 e. The molecule has 6 atom stereocenters. The molecule has 2 aromatic carbocycles. The predicted molar refractivity (Wildman–Crippen MR) is 151 cm³/mol. The van der Waals surface area contributed by atoms with Crippen molar-refractivity contribution in [3.8, 4) is 5.75 Å². The van der Waals surface area contributed by atoms with Crippen LogP contribution >= 0.6 is 27.5 Å². The van der Waals surface area contributed by atoms with Gasteiger partial charge in [0, 0.05) is 22.5 Å². The molecule has 42 heavy (non-hydrogen) atoms. The Balaban J connectivity index is 1.50. The van der Waals surface area contributed by atoms with Gasteiger partial charge in [-0.1, -0.05) is 39.2 Å². The number of phenolic OH excluding ortho intramolecular Hbond substituents is 1. The van der Waals surface area contributed by atoms with Crippen LogP contribution in [-0.2, 0) is 24.0 Å². The summed E-state index contributed by atoms with van der Waals surface area (Å²) in [6.07, 6.45) is 1.71. The van der Waals surface area contributed by atoms with E-state index >= 15 is 0 Å². The first-order valence-electron chi connectivity index (χ1n) is 13.4. The molecule has 6 rings (SSSR count). The number of aliphatic carboxylic acids is 1. The van der Waals surface area contributed by atoms with Gasteiger partial charge in [0.1, 0.15) is 11.6 Å². The van der Waals surface area contributed by atoms with Crippen LogP contribution in [0.15, 0.2) is 52.5 Å². The molecule has 2 aromatic rings. The average molecular weight is 660 g/mol. The van der Waals surface area contributed by atoms with Crippen molar-refractivity contribution in [1.29, 1.82) is 0 Å². The molecule has 4 amide bonds. The van der Waals surface area contributed by atoms with E-state index in [1.807, 2.05) is 6.08 Å². The second kappa shape index (κ2) is 10.0. The maximum atomic E-state index is 14.3. The van der Waals surface area contributed by atoms with E-state index in [4.69, 9.17) is 16.7 Å². The summed E-state index contributed by atoms with van der Waals surface area (Å²) in [6.45, 7) is 1.41. The monoisotopic (exact) mass is 658 g/mol. The van der Waals surface area contributed by atoms with Crippen LogP contribution in [0.4, 0.5) is 10.1 Å². The topological polar surface area (TPSA) is 132 Å². The number of aromatic hydroxyl groups is 1. The molecule has 2 aliphatic heterocycles. The van der Waals surface area contributed by atoms with Crippen molar-refractivity contribution < 1.29 is 38.6 Å². The number of nitrogens with zero attached hydrogens (tertiary/aromatic N) is 2. The average Bonchev–Trinajstić information content (AvgIpc) is 3.30. The summed E-state index contributed by atoms with van der Waals surface area (Å²) in [6, 6.07) is 8.36. The van der Waals surface area contributed by atoms with Gasteiger partial charge in [-0.2, -0.15) is 0 Å². The largest absolute Gasteiger partial charge is 0.508 e. The summed E-state index contributed by atoms with van der Waals surface area (Å²) in [5, 5.41) is 19.9. The second-order valence-electron chi connectivity index (χ2n) is 11.4. The number of carboxylic acids is 1. The molecule has 1 saturated carbocycles. The number of imide groups is 2. The lowest BCUT2D eigenvalue weighted by Gasteiger charge is -2.49. The number of benzene rings is 2. The fraction of sp³-hybridized carbons (Fsp3) is 0.367. The number of phenols is 1. The van der Waals surface area contributed by atoms with E-state index in [1.54, 1.807) is 19.1 Å². The fourth-order valence-corrected chi connectivity index (χ4v) is 8.03. The lowest BCUT2D eigenvalue weighted by atomic mass is 9.51. The molecule has 4 aliphatic rings. The highest BCUT2D eigenvalue weighted by atomic mass is 79.9. The Kier molecular flexibility index (Phi) is 6.81. The molecule has 218 valence electrons. The molecule has 0 radical (unpaired) electrons. The lowest BCUT2D eigenvalue weighted by Crippen LogP contribution is -2.49. The van der Waals surface area contributed by atoms with Gasteiger partial charge in [-0.15, -0.1) is 0 Å². The molecule has 0 bridgehead atoms. The molecule has 2 N–H and O–H groups in total. The molecule has 0 unspecified atom stereocenters. The number of rotatable bonds is 5. The zero-order valence-corrected chi connectivity index (χ0v) is 24.6. The first-order chi connectivity index (χ1) is 19.9. The molecule has 12 heteroatoms.